The molecular weight excluding hydrogens is 300 g/mol. The van der Waals surface area contributed by atoms with Crippen LogP contribution in [0.25, 0.3) is 0 Å². The number of nitrogen functional groups attached to an aromatic ring is 1. The number of fused-ring (bicyclic) bond motifs is 1. The van der Waals surface area contributed by atoms with Crippen LogP contribution in [0, 0.1) is 0 Å². The third kappa shape index (κ3) is 3.26. The summed E-state index contributed by atoms with van der Waals surface area (Å²) in [6, 6.07) is 18.8. The zero-order chi connectivity index (χ0) is 15.6. The van der Waals surface area contributed by atoms with Gasteiger partial charge in [-0.05, 0) is 74.2 Å². The van der Waals surface area contributed by atoms with Crippen molar-refractivity contribution in [1.82, 2.24) is 4.90 Å². The normalized spacial score (nSPS) is 24.5. The highest BCUT2D eigenvalue weighted by Gasteiger charge is 2.35. The lowest BCUT2D eigenvalue weighted by atomic mass is 10.0. The molecule has 2 fully saturated rings. The molecule has 23 heavy (non-hydrogen) atoms. The summed E-state index contributed by atoms with van der Waals surface area (Å²) in [7, 11) is 0. The molecule has 3 heteroatoms. The van der Waals surface area contributed by atoms with Crippen molar-refractivity contribution in [3.8, 4) is 0 Å². The molecule has 2 aliphatic heterocycles. The molecule has 2 atom stereocenters. The molecule has 2 saturated heterocycles. The second-order valence-corrected chi connectivity index (χ2v) is 7.87. The van der Waals surface area contributed by atoms with Crippen LogP contribution >= 0.6 is 11.8 Å². The molecule has 2 aliphatic rings. The Morgan fingerprint density at radius 1 is 0.826 bits per heavy atom. The predicted octanol–water partition coefficient (Wildman–Crippen LogP) is 5.11. The van der Waals surface area contributed by atoms with Crippen LogP contribution in [-0.2, 0) is 0 Å². The summed E-state index contributed by atoms with van der Waals surface area (Å²) >= 11 is 1.80. The molecular formula is C20H24N2S. The highest BCUT2D eigenvalue weighted by molar-refractivity contribution is 7.99. The van der Waals surface area contributed by atoms with Gasteiger partial charge in [0.25, 0.3) is 0 Å². The molecule has 1 unspecified atom stereocenters. The minimum atomic E-state index is 0.649. The zero-order valence-corrected chi connectivity index (χ0v) is 14.3. The van der Waals surface area contributed by atoms with E-state index in [2.05, 4.69) is 41.3 Å². The van der Waals surface area contributed by atoms with E-state index in [1.54, 1.807) is 11.8 Å². The van der Waals surface area contributed by atoms with E-state index >= 15 is 0 Å². The summed E-state index contributed by atoms with van der Waals surface area (Å²) in [6.07, 6.45) is 6.91. The first kappa shape index (κ1) is 15.1. The fourth-order valence-corrected chi connectivity index (χ4v) is 4.86. The van der Waals surface area contributed by atoms with Gasteiger partial charge in [-0.25, -0.2) is 0 Å². The van der Waals surface area contributed by atoms with Crippen LogP contribution in [0.15, 0.2) is 58.3 Å². The van der Waals surface area contributed by atoms with Crippen molar-refractivity contribution in [3.05, 3.63) is 54.1 Å². The van der Waals surface area contributed by atoms with Gasteiger partial charge in [0.1, 0.15) is 0 Å². The Bertz CT molecular complexity index is 650. The lowest BCUT2D eigenvalue weighted by Gasteiger charge is -2.34. The molecule has 0 radical (unpaired) electrons. The maximum atomic E-state index is 5.75. The molecule has 0 aromatic heterocycles. The third-order valence-electron chi connectivity index (χ3n) is 5.23. The van der Waals surface area contributed by atoms with Crippen LogP contribution in [0.3, 0.4) is 0 Å². The van der Waals surface area contributed by atoms with Crippen LogP contribution in [0.5, 0.6) is 0 Å². The molecule has 0 bridgehead atoms. The highest BCUT2D eigenvalue weighted by atomic mass is 32.2. The first-order valence-corrected chi connectivity index (χ1v) is 9.50. The van der Waals surface area contributed by atoms with E-state index in [1.807, 2.05) is 12.1 Å². The molecule has 2 aromatic carbocycles. The van der Waals surface area contributed by atoms with Gasteiger partial charge in [0.2, 0.25) is 0 Å². The van der Waals surface area contributed by atoms with Gasteiger partial charge in [0, 0.05) is 27.6 Å². The first-order chi connectivity index (χ1) is 11.3. The van der Waals surface area contributed by atoms with E-state index in [9.17, 15) is 0 Å². The third-order valence-corrected chi connectivity index (χ3v) is 6.24. The second-order valence-electron chi connectivity index (χ2n) is 6.72. The Morgan fingerprint density at radius 3 is 2.26 bits per heavy atom. The standard InChI is InChI=1S/C20H24N2S/c21-16-6-11-19(12-7-16)23-18-9-4-15(5-10-18)20-13-8-17-3-1-2-14-22(17)20/h4-7,9-12,17,20H,1-3,8,13-14,21H2/t17?,20-/m0/s1. The quantitative estimate of drug-likeness (QED) is 0.796. The van der Waals surface area contributed by atoms with Gasteiger partial charge >= 0.3 is 0 Å². The number of hydrogen-bond acceptors (Lipinski definition) is 3. The number of benzene rings is 2. The number of piperidine rings is 1. The van der Waals surface area contributed by atoms with Crippen molar-refractivity contribution in [2.75, 3.05) is 12.3 Å². The summed E-state index contributed by atoms with van der Waals surface area (Å²) in [6.45, 7) is 1.29. The summed E-state index contributed by atoms with van der Waals surface area (Å²) in [4.78, 5) is 5.29. The Balaban J connectivity index is 1.46. The van der Waals surface area contributed by atoms with Crippen molar-refractivity contribution in [3.63, 3.8) is 0 Å². The summed E-state index contributed by atoms with van der Waals surface area (Å²) in [5.74, 6) is 0. The summed E-state index contributed by atoms with van der Waals surface area (Å²) < 4.78 is 0. The van der Waals surface area contributed by atoms with Crippen molar-refractivity contribution >= 4 is 17.4 Å². The Hall–Kier alpha value is -1.45. The van der Waals surface area contributed by atoms with Gasteiger partial charge in [-0.3, -0.25) is 4.90 Å². The second kappa shape index (κ2) is 6.58. The van der Waals surface area contributed by atoms with E-state index in [0.717, 1.165) is 11.7 Å². The molecule has 0 spiro atoms. The van der Waals surface area contributed by atoms with Crippen molar-refractivity contribution in [2.24, 2.45) is 0 Å². The molecule has 2 heterocycles. The van der Waals surface area contributed by atoms with Crippen LogP contribution < -0.4 is 5.73 Å². The minimum Gasteiger partial charge on any atom is -0.399 e. The van der Waals surface area contributed by atoms with Crippen molar-refractivity contribution in [1.29, 1.82) is 0 Å². The molecule has 2 aromatic rings. The summed E-state index contributed by atoms with van der Waals surface area (Å²) in [5, 5.41) is 0. The highest BCUT2D eigenvalue weighted by Crippen LogP contribution is 2.40. The van der Waals surface area contributed by atoms with Crippen LogP contribution in [0.2, 0.25) is 0 Å². The molecule has 2 N–H and O–H groups in total. The van der Waals surface area contributed by atoms with Crippen LogP contribution in [0.4, 0.5) is 5.69 Å². The largest absolute Gasteiger partial charge is 0.399 e. The lowest BCUT2D eigenvalue weighted by Crippen LogP contribution is -2.35. The van der Waals surface area contributed by atoms with E-state index < -0.39 is 0 Å². The van der Waals surface area contributed by atoms with E-state index in [-0.39, 0.29) is 0 Å². The fourth-order valence-electron chi connectivity index (χ4n) is 4.05. The van der Waals surface area contributed by atoms with Gasteiger partial charge < -0.3 is 5.73 Å². The molecule has 2 nitrogen and oxygen atoms in total. The SMILES string of the molecule is Nc1ccc(Sc2ccc([C@@H]3CCC4CCCCN43)cc2)cc1. The van der Waals surface area contributed by atoms with Gasteiger partial charge in [-0.15, -0.1) is 0 Å². The fraction of sp³-hybridized carbons (Fsp3) is 0.400. The van der Waals surface area contributed by atoms with Crippen molar-refractivity contribution < 1.29 is 0 Å². The molecule has 0 saturated carbocycles. The minimum absolute atomic E-state index is 0.649. The van der Waals surface area contributed by atoms with Gasteiger partial charge in [0.15, 0.2) is 0 Å². The monoisotopic (exact) mass is 324 g/mol. The molecule has 0 amide bonds. The number of nitrogens with two attached hydrogens (primary N) is 1. The Labute approximate surface area is 143 Å². The average Bonchev–Trinajstić information content (AvgIpc) is 3.02. The van der Waals surface area contributed by atoms with Crippen LogP contribution in [-0.4, -0.2) is 17.5 Å². The molecule has 4 rings (SSSR count). The topological polar surface area (TPSA) is 29.3 Å². The predicted molar refractivity (Wildman–Crippen MR) is 97.7 cm³/mol. The zero-order valence-electron chi connectivity index (χ0n) is 13.4. The van der Waals surface area contributed by atoms with Gasteiger partial charge in [-0.2, -0.15) is 0 Å². The number of anilines is 1. The van der Waals surface area contributed by atoms with Gasteiger partial charge in [0.05, 0.1) is 0 Å². The first-order valence-electron chi connectivity index (χ1n) is 8.69. The van der Waals surface area contributed by atoms with Crippen LogP contribution in [0.1, 0.15) is 43.7 Å². The molecule has 120 valence electrons. The number of rotatable bonds is 3. The molecule has 0 aliphatic carbocycles. The number of hydrogen-bond donors (Lipinski definition) is 1. The smallest absolute Gasteiger partial charge is 0.0351 e. The van der Waals surface area contributed by atoms with E-state index in [1.165, 1.54) is 54.0 Å². The maximum absolute atomic E-state index is 5.75. The van der Waals surface area contributed by atoms with Gasteiger partial charge in [-0.1, -0.05) is 30.3 Å². The average molecular weight is 324 g/mol. The Kier molecular flexibility index (Phi) is 4.32. The lowest BCUT2D eigenvalue weighted by molar-refractivity contribution is 0.150. The van der Waals surface area contributed by atoms with Crippen molar-refractivity contribution in [2.45, 2.75) is 54.0 Å². The van der Waals surface area contributed by atoms with E-state index in [4.69, 9.17) is 5.73 Å². The number of nitrogens with zero attached hydrogens (tertiary/aromatic N) is 1. The maximum Gasteiger partial charge on any atom is 0.0351 e. The Morgan fingerprint density at radius 2 is 1.52 bits per heavy atom. The van der Waals surface area contributed by atoms with E-state index in [0.29, 0.717) is 6.04 Å². The summed E-state index contributed by atoms with van der Waals surface area (Å²) in [5.41, 5.74) is 8.07.